The predicted molar refractivity (Wildman–Crippen MR) is 80.3 cm³/mol. The Labute approximate surface area is 126 Å². The molecule has 2 aliphatic rings. The van der Waals surface area contributed by atoms with E-state index in [9.17, 15) is 8.42 Å². The van der Waals surface area contributed by atoms with Crippen molar-refractivity contribution in [1.82, 2.24) is 18.8 Å². The summed E-state index contributed by atoms with van der Waals surface area (Å²) in [6.45, 7) is 7.10. The second kappa shape index (κ2) is 5.37. The Morgan fingerprint density at radius 2 is 2.00 bits per heavy atom. The van der Waals surface area contributed by atoms with Crippen molar-refractivity contribution >= 4 is 10.0 Å². The standard InChI is InChI=1S/C14H24N4O2S/c1-11(2)8-17-6-4-13-12(17)5-7-18(13)21(19,20)14-9-16(3)10-15-14/h9-13H,4-8H2,1-3H3/t12-,13+/m0/s1. The summed E-state index contributed by atoms with van der Waals surface area (Å²) in [7, 11) is -1.66. The number of aryl methyl sites for hydroxylation is 1. The van der Waals surface area contributed by atoms with Gasteiger partial charge in [0.25, 0.3) is 10.0 Å². The van der Waals surface area contributed by atoms with Crippen LogP contribution in [0.2, 0.25) is 0 Å². The van der Waals surface area contributed by atoms with Gasteiger partial charge in [-0.05, 0) is 18.8 Å². The average Bonchev–Trinajstić information content (AvgIpc) is 3.06. The van der Waals surface area contributed by atoms with Gasteiger partial charge in [-0.15, -0.1) is 0 Å². The highest BCUT2D eigenvalue weighted by Gasteiger charge is 2.47. The first-order valence-corrected chi connectivity index (χ1v) is 9.07. The molecular weight excluding hydrogens is 288 g/mol. The minimum atomic E-state index is -3.45. The van der Waals surface area contributed by atoms with Gasteiger partial charge < -0.3 is 4.57 Å². The fourth-order valence-corrected chi connectivity index (χ4v) is 5.34. The largest absolute Gasteiger partial charge is 0.339 e. The molecule has 6 nitrogen and oxygen atoms in total. The van der Waals surface area contributed by atoms with Crippen LogP contribution in [0.5, 0.6) is 0 Å². The van der Waals surface area contributed by atoms with Gasteiger partial charge in [0.05, 0.1) is 6.33 Å². The maximum absolute atomic E-state index is 12.8. The first-order valence-electron chi connectivity index (χ1n) is 7.63. The highest BCUT2D eigenvalue weighted by molar-refractivity contribution is 7.89. The lowest BCUT2D eigenvalue weighted by Gasteiger charge is -2.26. The van der Waals surface area contributed by atoms with E-state index in [2.05, 4.69) is 23.7 Å². The summed E-state index contributed by atoms with van der Waals surface area (Å²) in [5, 5.41) is 0.174. The molecule has 2 saturated heterocycles. The fourth-order valence-electron chi connectivity index (χ4n) is 3.67. The Hall–Kier alpha value is -0.920. The van der Waals surface area contributed by atoms with Crippen LogP contribution in [0.25, 0.3) is 0 Å². The van der Waals surface area contributed by atoms with Crippen molar-refractivity contribution in [1.29, 1.82) is 0 Å². The third-order valence-electron chi connectivity index (χ3n) is 4.49. The molecule has 0 unspecified atom stereocenters. The van der Waals surface area contributed by atoms with Crippen molar-refractivity contribution in [2.75, 3.05) is 19.6 Å². The van der Waals surface area contributed by atoms with E-state index >= 15 is 0 Å². The Morgan fingerprint density at radius 3 is 2.62 bits per heavy atom. The van der Waals surface area contributed by atoms with Crippen molar-refractivity contribution in [3.8, 4) is 0 Å². The van der Waals surface area contributed by atoms with Crippen LogP contribution in [0.4, 0.5) is 0 Å². The van der Waals surface area contributed by atoms with Crippen LogP contribution in [0.15, 0.2) is 17.6 Å². The molecule has 118 valence electrons. The molecule has 0 N–H and O–H groups in total. The lowest BCUT2D eigenvalue weighted by Crippen LogP contribution is -2.40. The van der Waals surface area contributed by atoms with Crippen LogP contribution in [0.3, 0.4) is 0 Å². The number of imidazole rings is 1. The summed E-state index contributed by atoms with van der Waals surface area (Å²) in [5.74, 6) is 0.616. The normalized spacial score (nSPS) is 27.6. The number of fused-ring (bicyclic) bond motifs is 1. The van der Waals surface area contributed by atoms with Crippen LogP contribution in [0, 0.1) is 5.92 Å². The van der Waals surface area contributed by atoms with E-state index < -0.39 is 10.0 Å². The highest BCUT2D eigenvalue weighted by atomic mass is 32.2. The van der Waals surface area contributed by atoms with Crippen LogP contribution >= 0.6 is 0 Å². The van der Waals surface area contributed by atoms with Crippen LogP contribution in [-0.4, -0.2) is 58.9 Å². The van der Waals surface area contributed by atoms with Crippen LogP contribution in [0.1, 0.15) is 26.7 Å². The number of likely N-dealkylation sites (tertiary alicyclic amines) is 1. The zero-order chi connectivity index (χ0) is 15.2. The smallest absolute Gasteiger partial charge is 0.262 e. The van der Waals surface area contributed by atoms with Gasteiger partial charge in [-0.25, -0.2) is 13.4 Å². The van der Waals surface area contributed by atoms with E-state index in [0.717, 1.165) is 25.9 Å². The molecular formula is C14H24N4O2S. The average molecular weight is 312 g/mol. The van der Waals surface area contributed by atoms with E-state index in [1.807, 2.05) is 0 Å². The van der Waals surface area contributed by atoms with E-state index in [1.165, 1.54) is 0 Å². The maximum atomic E-state index is 12.8. The van der Waals surface area contributed by atoms with E-state index in [4.69, 9.17) is 0 Å². The molecule has 0 amide bonds. The third kappa shape index (κ3) is 2.62. The molecule has 1 aromatic heterocycles. The number of rotatable bonds is 4. The van der Waals surface area contributed by atoms with Crippen molar-refractivity contribution < 1.29 is 8.42 Å². The predicted octanol–water partition coefficient (Wildman–Crippen LogP) is 0.913. The molecule has 2 aliphatic heterocycles. The topological polar surface area (TPSA) is 58.4 Å². The van der Waals surface area contributed by atoms with Crippen molar-refractivity contribution in [3.05, 3.63) is 12.5 Å². The number of hydrogen-bond acceptors (Lipinski definition) is 4. The lowest BCUT2D eigenvalue weighted by atomic mass is 10.1. The Kier molecular flexibility index (Phi) is 3.83. The minimum Gasteiger partial charge on any atom is -0.339 e. The molecule has 3 heterocycles. The molecule has 0 aliphatic carbocycles. The first kappa shape index (κ1) is 15.0. The highest BCUT2D eigenvalue weighted by Crippen LogP contribution is 2.35. The van der Waals surface area contributed by atoms with E-state index in [-0.39, 0.29) is 11.1 Å². The van der Waals surface area contributed by atoms with Crippen molar-refractivity contribution in [2.24, 2.45) is 13.0 Å². The van der Waals surface area contributed by atoms with Crippen LogP contribution < -0.4 is 0 Å². The lowest BCUT2D eigenvalue weighted by molar-refractivity contribution is 0.222. The first-order chi connectivity index (χ1) is 9.89. The van der Waals surface area contributed by atoms with E-state index in [0.29, 0.717) is 18.5 Å². The monoisotopic (exact) mass is 312 g/mol. The van der Waals surface area contributed by atoms with Gasteiger partial charge in [0, 0.05) is 45.0 Å². The second-order valence-corrected chi connectivity index (χ2v) is 8.43. The van der Waals surface area contributed by atoms with Gasteiger partial charge in [-0.1, -0.05) is 13.8 Å². The number of hydrogen-bond donors (Lipinski definition) is 0. The van der Waals surface area contributed by atoms with Gasteiger partial charge in [0.2, 0.25) is 0 Å². The quantitative estimate of drug-likeness (QED) is 0.829. The summed E-state index contributed by atoms with van der Waals surface area (Å²) in [6, 6.07) is 0.502. The molecule has 0 spiro atoms. The Morgan fingerprint density at radius 1 is 1.29 bits per heavy atom. The van der Waals surface area contributed by atoms with Crippen molar-refractivity contribution in [3.63, 3.8) is 0 Å². The second-order valence-electron chi connectivity index (χ2n) is 6.59. The third-order valence-corrected chi connectivity index (χ3v) is 6.30. The summed E-state index contributed by atoms with van der Waals surface area (Å²) in [6.07, 6.45) is 5.00. The van der Waals surface area contributed by atoms with Gasteiger partial charge in [-0.3, -0.25) is 4.90 Å². The zero-order valence-corrected chi connectivity index (χ0v) is 13.8. The molecule has 2 atom stereocenters. The zero-order valence-electron chi connectivity index (χ0n) is 12.9. The van der Waals surface area contributed by atoms with Gasteiger partial charge in [-0.2, -0.15) is 4.31 Å². The summed E-state index contributed by atoms with van der Waals surface area (Å²) in [4.78, 5) is 6.49. The molecule has 0 saturated carbocycles. The number of nitrogens with zero attached hydrogens (tertiary/aromatic N) is 4. The van der Waals surface area contributed by atoms with Gasteiger partial charge in [0.1, 0.15) is 0 Å². The Balaban J connectivity index is 1.80. The summed E-state index contributed by atoms with van der Waals surface area (Å²) in [5.41, 5.74) is 0. The number of aromatic nitrogens is 2. The molecule has 3 rings (SSSR count). The fraction of sp³-hybridized carbons (Fsp3) is 0.786. The van der Waals surface area contributed by atoms with Gasteiger partial charge >= 0.3 is 0 Å². The maximum Gasteiger partial charge on any atom is 0.262 e. The molecule has 21 heavy (non-hydrogen) atoms. The Bertz CT molecular complexity index is 610. The molecule has 0 radical (unpaired) electrons. The molecule has 2 fully saturated rings. The van der Waals surface area contributed by atoms with E-state index in [1.54, 1.807) is 28.4 Å². The molecule has 1 aromatic rings. The number of sulfonamides is 1. The molecule has 7 heteroatoms. The summed E-state index contributed by atoms with van der Waals surface area (Å²) >= 11 is 0. The summed E-state index contributed by atoms with van der Waals surface area (Å²) < 4.78 is 28.9. The van der Waals surface area contributed by atoms with Crippen LogP contribution in [-0.2, 0) is 17.1 Å². The minimum absolute atomic E-state index is 0.121. The molecule has 0 aromatic carbocycles. The van der Waals surface area contributed by atoms with Gasteiger partial charge in [0.15, 0.2) is 5.03 Å². The SMILES string of the molecule is CC(C)CN1CC[C@@H]2[C@@H]1CCN2S(=O)(=O)c1cn(C)cn1. The van der Waals surface area contributed by atoms with Crippen molar-refractivity contribution in [2.45, 2.75) is 43.8 Å². The molecule has 0 bridgehead atoms.